The summed E-state index contributed by atoms with van der Waals surface area (Å²) in [5.74, 6) is 1.04. The Hall–Kier alpha value is -12.8. The van der Waals surface area contributed by atoms with Gasteiger partial charge in [0, 0.05) is 149 Å². The van der Waals surface area contributed by atoms with E-state index in [4.69, 9.17) is 124 Å². The molecule has 3 aromatic heterocycles. The maximum atomic E-state index is 15.4. The Bertz CT molecular complexity index is 7170. The second-order valence-electron chi connectivity index (χ2n) is 30.8. The Kier molecular flexibility index (Phi) is 24.3. The van der Waals surface area contributed by atoms with Gasteiger partial charge in [-0.25, -0.2) is 0 Å². The first-order valence-electron chi connectivity index (χ1n) is 42.0. The highest BCUT2D eigenvalue weighted by atomic mass is 35.5. The predicted octanol–water partition coefficient (Wildman–Crippen LogP) is 32.4. The number of nitrogens with zero attached hydrogens (tertiary/aromatic N) is 10. The average Bonchev–Trinajstić information content (AvgIpc) is 1.69. The van der Waals surface area contributed by atoms with Crippen molar-refractivity contribution < 1.29 is 28.7 Å². The quantitative estimate of drug-likeness (QED) is 0.0315. The van der Waals surface area contributed by atoms with Gasteiger partial charge >= 0.3 is 0 Å². The highest BCUT2D eigenvalue weighted by molar-refractivity contribution is 6.35. The first-order chi connectivity index (χ1) is 61.8. The zero-order valence-electron chi connectivity index (χ0n) is 70.9. The van der Waals surface area contributed by atoms with Crippen LogP contribution in [-0.2, 0) is 22.9 Å². The number of aromatic amines is 3. The van der Waals surface area contributed by atoms with Gasteiger partial charge in [0.15, 0.2) is 17.2 Å². The van der Waals surface area contributed by atoms with Gasteiger partial charge < -0.3 is 39.0 Å². The third-order valence-electron chi connectivity index (χ3n) is 22.9. The van der Waals surface area contributed by atoms with Crippen molar-refractivity contribution in [2.24, 2.45) is 30.7 Å². The Balaban J connectivity index is 0.753. The van der Waals surface area contributed by atoms with Crippen LogP contribution in [0, 0.1) is 20.8 Å². The van der Waals surface area contributed by atoms with Crippen molar-refractivity contribution in [2.45, 2.75) is 75.5 Å². The number of nitrogens with one attached hydrogen (secondary N) is 3. The topological polar surface area (TPSA) is 198 Å². The van der Waals surface area contributed by atoms with Crippen LogP contribution in [0.3, 0.4) is 0 Å². The summed E-state index contributed by atoms with van der Waals surface area (Å²) in [6.07, 6.45) is 0. The standard InChI is InChI=1S/C102H85Cl6N13O6/c1-10-118(87-43-22-65(103)46-57(87)7)102(122)83-51-62-18-39-79-82-54-70(108)21-42-86(82)111-95(79)92(62)98(101(83)125-15-6)117-114-73-29-35-76(36-30-73)121(74-31-25-71(26-32-74)112-115-96-90-60(16-37-77-80-52-68(106)19-40-84(80)109-93(77)90)49-63(99(96)123-13-4)55-126-119(11-2)88-44-23-66(104)47-58(88)8)75-33-27-72(28-34-75)113-116-97-91-61(17-38-78-81-53-69(107)20-41-85(81)110-94(78)91)50-64(100(97)124-14-5)56-127-120(12-3)89-45-24-67(105)48-59(89)9/h16-54,109-111H,10-15,55-56H2,1-9H3. The van der Waals surface area contributed by atoms with E-state index in [-0.39, 0.29) is 31.5 Å². The molecule has 0 radical (unpaired) electrons. The number of anilines is 6. The average molecular weight is 1800 g/mol. The fourth-order valence-corrected chi connectivity index (χ4v) is 18.3. The molecule has 3 heterocycles. The van der Waals surface area contributed by atoms with Crippen LogP contribution >= 0.6 is 69.6 Å². The predicted molar refractivity (Wildman–Crippen MR) is 524 cm³/mol. The van der Waals surface area contributed by atoms with E-state index in [1.54, 1.807) is 11.0 Å². The molecule has 18 rings (SSSR count). The fraction of sp³-hybridized carbons (Fsp3) is 0.167. The molecule has 0 atom stereocenters. The molecule has 127 heavy (non-hydrogen) atoms. The van der Waals surface area contributed by atoms with Gasteiger partial charge in [-0.1, -0.05) is 106 Å². The molecule has 19 nitrogen and oxygen atoms in total. The first kappa shape index (κ1) is 85.0. The normalized spacial score (nSPS) is 12.0. The summed E-state index contributed by atoms with van der Waals surface area (Å²) in [7, 11) is 0. The minimum Gasteiger partial charge on any atom is -0.491 e. The number of hydrogen-bond acceptors (Lipinski definition) is 15. The van der Waals surface area contributed by atoms with Crippen LogP contribution in [0.25, 0.3) is 97.7 Å². The lowest BCUT2D eigenvalue weighted by Gasteiger charge is -2.25. The van der Waals surface area contributed by atoms with Crippen molar-refractivity contribution >= 4 is 241 Å². The Labute approximate surface area is 762 Å². The van der Waals surface area contributed by atoms with Crippen molar-refractivity contribution in [3.8, 4) is 17.2 Å². The number of H-pyrrole nitrogens is 3. The molecule has 1 amide bonds. The minimum absolute atomic E-state index is 0.145. The number of fused-ring (bicyclic) bond motifs is 15. The molecule has 25 heteroatoms. The molecule has 3 N–H and O–H groups in total. The molecule has 0 saturated heterocycles. The van der Waals surface area contributed by atoms with E-state index < -0.39 is 0 Å². The molecule has 15 aromatic carbocycles. The van der Waals surface area contributed by atoms with Crippen LogP contribution in [0.15, 0.2) is 267 Å². The number of hydroxylamine groups is 2. The third kappa shape index (κ3) is 16.6. The number of ether oxygens (including phenoxy) is 3. The monoisotopic (exact) mass is 1800 g/mol. The van der Waals surface area contributed by atoms with Crippen molar-refractivity contribution in [3.63, 3.8) is 0 Å². The maximum absolute atomic E-state index is 15.4. The van der Waals surface area contributed by atoms with Gasteiger partial charge in [0.25, 0.3) is 5.91 Å². The van der Waals surface area contributed by atoms with Crippen LogP contribution in [-0.4, -0.2) is 60.3 Å². The molecule has 636 valence electrons. The SMILES string of the molecule is CCOc1c(CON(CC)c2ccc(Cl)cc2C)cc2ccc3c4cc(Cl)ccc4[nH]c3c2c1N=Nc1ccc(N(c2ccc(N=Nc3c(OCC)c(CON(CC)c4ccc(Cl)cc4C)cc4ccc5c6cc(Cl)ccc6[nH]c5c34)cc2)c2ccc(N=Nc3c(OCC)c(C(=O)N(CC)c4ccc(Cl)cc4C)cc4ccc5c6cc(Cl)ccc6[nH]c5c34)cc2)cc1. The van der Waals surface area contributed by atoms with Gasteiger partial charge in [-0.05, 0) is 295 Å². The van der Waals surface area contributed by atoms with Gasteiger partial charge in [0.2, 0.25) is 0 Å². The first-order valence-corrected chi connectivity index (χ1v) is 44.3. The Morgan fingerprint density at radius 1 is 0.331 bits per heavy atom. The molecule has 0 aliphatic carbocycles. The zero-order chi connectivity index (χ0) is 88.0. The molecular formula is C102H85Cl6N13O6. The summed E-state index contributed by atoms with van der Waals surface area (Å²) in [5.41, 5.74) is 17.6. The largest absolute Gasteiger partial charge is 0.491 e. The second-order valence-corrected chi connectivity index (χ2v) is 33.4. The van der Waals surface area contributed by atoms with Gasteiger partial charge in [0.05, 0.1) is 70.4 Å². The van der Waals surface area contributed by atoms with Crippen molar-refractivity contribution in [3.05, 3.63) is 300 Å². The maximum Gasteiger partial charge on any atom is 0.262 e. The number of rotatable bonds is 28. The summed E-state index contributed by atoms with van der Waals surface area (Å²) >= 11 is 39.4. The number of aryl methyl sites for hydroxylation is 3. The molecule has 18 aromatic rings. The minimum atomic E-state index is -0.283. The Morgan fingerprint density at radius 2 is 0.654 bits per heavy atom. The van der Waals surface area contributed by atoms with Crippen molar-refractivity contribution in [1.29, 1.82) is 0 Å². The Morgan fingerprint density at radius 3 is 0.992 bits per heavy atom. The van der Waals surface area contributed by atoms with Crippen LogP contribution in [0.2, 0.25) is 30.1 Å². The summed E-state index contributed by atoms with van der Waals surface area (Å²) in [4.78, 5) is 43.7. The molecule has 0 bridgehead atoms. The van der Waals surface area contributed by atoms with Gasteiger partial charge in [-0.3, -0.25) is 24.6 Å². The van der Waals surface area contributed by atoms with Gasteiger partial charge in [-0.15, -0.1) is 15.3 Å². The number of benzene rings is 15. The van der Waals surface area contributed by atoms with Crippen molar-refractivity contribution in [1.82, 2.24) is 15.0 Å². The summed E-state index contributed by atoms with van der Waals surface area (Å²) in [6, 6.07) is 76.5. The lowest BCUT2D eigenvalue weighted by Crippen LogP contribution is -2.31. The fourth-order valence-electron chi connectivity index (χ4n) is 17.1. The molecule has 0 aliphatic heterocycles. The van der Waals surface area contributed by atoms with E-state index in [0.29, 0.717) is 125 Å². The molecule has 0 aliphatic rings. The number of carbonyl (C=O) groups excluding carboxylic acids is 1. The van der Waals surface area contributed by atoms with Crippen molar-refractivity contribution in [2.75, 3.05) is 59.4 Å². The molecular weight excluding hydrogens is 1720 g/mol. The number of aromatic nitrogens is 3. The third-order valence-corrected chi connectivity index (χ3v) is 24.3. The van der Waals surface area contributed by atoms with E-state index in [9.17, 15) is 0 Å². The highest BCUT2D eigenvalue weighted by Crippen LogP contribution is 2.51. The number of halogens is 6. The molecule has 0 spiro atoms. The highest BCUT2D eigenvalue weighted by Gasteiger charge is 2.30. The second kappa shape index (κ2) is 36.3. The number of azo groups is 3. The smallest absolute Gasteiger partial charge is 0.262 e. The van der Waals surface area contributed by atoms with Crippen LogP contribution in [0.5, 0.6) is 17.2 Å². The van der Waals surface area contributed by atoms with Gasteiger partial charge in [-0.2, -0.15) is 15.3 Å². The number of amides is 1. The molecule has 0 fully saturated rings. The lowest BCUT2D eigenvalue weighted by molar-refractivity contribution is 0.0950. The number of carbonyl (C=O) groups is 1. The lowest BCUT2D eigenvalue weighted by atomic mass is 9.99. The van der Waals surface area contributed by atoms with Crippen LogP contribution in [0.1, 0.15) is 79.7 Å². The van der Waals surface area contributed by atoms with Crippen LogP contribution < -0.4 is 34.1 Å². The summed E-state index contributed by atoms with van der Waals surface area (Å²) < 4.78 is 20.0. The summed E-state index contributed by atoms with van der Waals surface area (Å²) in [6.45, 7) is 20.4. The summed E-state index contributed by atoms with van der Waals surface area (Å²) in [5, 5.41) is 48.7. The van der Waals surface area contributed by atoms with E-state index >= 15 is 4.79 Å². The number of hydrogen-bond donors (Lipinski definition) is 3. The van der Waals surface area contributed by atoms with E-state index in [1.165, 1.54) is 0 Å². The molecule has 0 unspecified atom stereocenters. The van der Waals surface area contributed by atoms with Crippen LogP contribution in [0.4, 0.5) is 68.2 Å². The van der Waals surface area contributed by atoms with E-state index in [0.717, 1.165) is 149 Å². The van der Waals surface area contributed by atoms with E-state index in [1.807, 2.05) is 267 Å². The zero-order valence-corrected chi connectivity index (χ0v) is 75.4. The van der Waals surface area contributed by atoms with Gasteiger partial charge in [0.1, 0.15) is 30.3 Å². The van der Waals surface area contributed by atoms with E-state index in [2.05, 4.69) is 56.3 Å². The molecule has 0 saturated carbocycles.